The number of unbranched alkanes of at least 4 members (excludes halogenated alkanes) is 8. The molecule has 0 aliphatic heterocycles. The molecule has 0 heterocycles. The molecule has 0 bridgehead atoms. The molecule has 0 unspecified atom stereocenters. The standard InChI is InChI=1S/C44H56N2/c1-5-9-11-13-14-22-28-42-43(37-23-18-15-19-24-37)31-35(32-44(42)38-25-20-16-21-26-38)29-30-45-46-40-33-36(7-3)41(8-4)39(34-40)27-17-12-10-6-2/h15-16,18-21,23-26,29-34H,5-14,17,22,27-28H2,1-4H3. The van der Waals surface area contributed by atoms with E-state index in [-0.39, 0.29) is 0 Å². The van der Waals surface area contributed by atoms with E-state index in [0.717, 1.165) is 36.9 Å². The fourth-order valence-electron chi connectivity index (χ4n) is 6.68. The number of aryl methyl sites for hydroxylation is 2. The molecule has 4 aromatic carbocycles. The molecule has 4 rings (SSSR count). The van der Waals surface area contributed by atoms with Gasteiger partial charge in [-0.05, 0) is 119 Å². The minimum atomic E-state index is 0.966. The minimum absolute atomic E-state index is 0.966. The predicted octanol–water partition coefficient (Wildman–Crippen LogP) is 13.9. The summed E-state index contributed by atoms with van der Waals surface area (Å²) in [6, 6.07) is 31.0. The van der Waals surface area contributed by atoms with Gasteiger partial charge in [0.1, 0.15) is 0 Å². The Balaban J connectivity index is 1.65. The maximum Gasteiger partial charge on any atom is 0.0862 e. The molecule has 2 heteroatoms. The van der Waals surface area contributed by atoms with Gasteiger partial charge in [0.05, 0.1) is 11.9 Å². The Morgan fingerprint density at radius 1 is 0.522 bits per heavy atom. The van der Waals surface area contributed by atoms with E-state index in [0.29, 0.717) is 0 Å². The Kier molecular flexibility index (Phi) is 15.0. The topological polar surface area (TPSA) is 24.7 Å². The van der Waals surface area contributed by atoms with Gasteiger partial charge in [0, 0.05) is 0 Å². The van der Waals surface area contributed by atoms with Crippen molar-refractivity contribution in [3.8, 4) is 22.3 Å². The average molecular weight is 613 g/mol. The third kappa shape index (κ3) is 10.4. The highest BCUT2D eigenvalue weighted by Crippen LogP contribution is 2.36. The van der Waals surface area contributed by atoms with Crippen molar-refractivity contribution in [1.82, 2.24) is 0 Å². The number of hydrogen-bond acceptors (Lipinski definition) is 2. The number of benzene rings is 4. The van der Waals surface area contributed by atoms with E-state index in [4.69, 9.17) is 5.11 Å². The molecular formula is C44H56N2. The molecule has 0 atom stereocenters. The molecule has 0 saturated heterocycles. The summed E-state index contributed by atoms with van der Waals surface area (Å²) in [7, 11) is 0. The summed E-state index contributed by atoms with van der Waals surface area (Å²) < 4.78 is 0. The van der Waals surface area contributed by atoms with Crippen LogP contribution in [0.15, 0.2) is 101 Å². The molecule has 0 spiro atoms. The van der Waals surface area contributed by atoms with Gasteiger partial charge in [-0.2, -0.15) is 10.2 Å². The lowest BCUT2D eigenvalue weighted by atomic mass is 9.87. The second-order valence-electron chi connectivity index (χ2n) is 12.6. The summed E-state index contributed by atoms with van der Waals surface area (Å²) in [5, 5.41) is 9.27. The second-order valence-corrected chi connectivity index (χ2v) is 12.6. The first-order valence-corrected chi connectivity index (χ1v) is 18.2. The number of rotatable bonds is 19. The van der Waals surface area contributed by atoms with Crippen molar-refractivity contribution in [2.24, 2.45) is 10.2 Å². The molecule has 46 heavy (non-hydrogen) atoms. The highest BCUT2D eigenvalue weighted by Gasteiger charge is 2.14. The van der Waals surface area contributed by atoms with Crippen molar-refractivity contribution in [3.63, 3.8) is 0 Å². The van der Waals surface area contributed by atoms with Gasteiger partial charge >= 0.3 is 0 Å². The van der Waals surface area contributed by atoms with Crippen molar-refractivity contribution in [3.05, 3.63) is 119 Å². The highest BCUT2D eigenvalue weighted by atomic mass is 15.1. The molecule has 0 radical (unpaired) electrons. The van der Waals surface area contributed by atoms with Gasteiger partial charge in [-0.25, -0.2) is 0 Å². The van der Waals surface area contributed by atoms with Crippen LogP contribution in [0.3, 0.4) is 0 Å². The smallest absolute Gasteiger partial charge is 0.0862 e. The quantitative estimate of drug-likeness (QED) is 0.0743. The van der Waals surface area contributed by atoms with Crippen LogP contribution in [-0.2, 0) is 25.7 Å². The number of hydrogen-bond donors (Lipinski definition) is 0. The molecule has 0 fully saturated rings. The van der Waals surface area contributed by atoms with E-state index in [1.165, 1.54) is 109 Å². The van der Waals surface area contributed by atoms with E-state index in [9.17, 15) is 0 Å². The van der Waals surface area contributed by atoms with Crippen LogP contribution in [0.25, 0.3) is 28.3 Å². The normalized spacial score (nSPS) is 11.7. The molecule has 0 aliphatic carbocycles. The Labute approximate surface area is 280 Å². The van der Waals surface area contributed by atoms with Crippen LogP contribution in [-0.4, -0.2) is 0 Å². The van der Waals surface area contributed by atoms with E-state index in [1.54, 1.807) is 0 Å². The van der Waals surface area contributed by atoms with Gasteiger partial charge in [-0.3, -0.25) is 0 Å². The Bertz CT molecular complexity index is 1450. The number of nitrogens with zero attached hydrogens (tertiary/aromatic N) is 2. The summed E-state index contributed by atoms with van der Waals surface area (Å²) in [5.41, 5.74) is 13.1. The molecule has 0 aromatic heterocycles. The minimum Gasteiger partial charge on any atom is -0.159 e. The third-order valence-electron chi connectivity index (χ3n) is 9.18. The zero-order valence-corrected chi connectivity index (χ0v) is 29.0. The van der Waals surface area contributed by atoms with Crippen LogP contribution in [0.1, 0.15) is 120 Å². The number of azo groups is 1. The Morgan fingerprint density at radius 3 is 1.65 bits per heavy atom. The first-order valence-electron chi connectivity index (χ1n) is 18.2. The van der Waals surface area contributed by atoms with Crippen LogP contribution in [0.2, 0.25) is 0 Å². The first kappa shape index (κ1) is 35.1. The monoisotopic (exact) mass is 612 g/mol. The molecule has 242 valence electrons. The van der Waals surface area contributed by atoms with Gasteiger partial charge in [0.2, 0.25) is 0 Å². The van der Waals surface area contributed by atoms with E-state index in [1.807, 2.05) is 6.20 Å². The largest absolute Gasteiger partial charge is 0.159 e. The van der Waals surface area contributed by atoms with Crippen molar-refractivity contribution >= 4 is 11.8 Å². The molecule has 0 saturated carbocycles. The van der Waals surface area contributed by atoms with Gasteiger partial charge in [0.25, 0.3) is 0 Å². The third-order valence-corrected chi connectivity index (χ3v) is 9.18. The lowest BCUT2D eigenvalue weighted by Gasteiger charge is -2.18. The molecule has 2 nitrogen and oxygen atoms in total. The van der Waals surface area contributed by atoms with Crippen LogP contribution in [0.4, 0.5) is 5.69 Å². The van der Waals surface area contributed by atoms with Gasteiger partial charge < -0.3 is 0 Å². The van der Waals surface area contributed by atoms with E-state index in [2.05, 4.69) is 124 Å². The summed E-state index contributed by atoms with van der Waals surface area (Å²) in [6.07, 6.45) is 21.2. The lowest BCUT2D eigenvalue weighted by molar-refractivity contribution is 0.608. The summed E-state index contributed by atoms with van der Waals surface area (Å²) in [4.78, 5) is 0. The van der Waals surface area contributed by atoms with E-state index < -0.39 is 0 Å². The zero-order chi connectivity index (χ0) is 32.4. The van der Waals surface area contributed by atoms with E-state index >= 15 is 0 Å². The maximum atomic E-state index is 4.70. The summed E-state index contributed by atoms with van der Waals surface area (Å²) >= 11 is 0. The second kappa shape index (κ2) is 19.7. The summed E-state index contributed by atoms with van der Waals surface area (Å²) in [5.74, 6) is 0. The van der Waals surface area contributed by atoms with Crippen molar-refractivity contribution in [1.29, 1.82) is 0 Å². The molecule has 0 aliphatic rings. The van der Waals surface area contributed by atoms with Gasteiger partial charge in [-0.1, -0.05) is 140 Å². The Hall–Kier alpha value is -3.78. The maximum absolute atomic E-state index is 4.70. The molecular weight excluding hydrogens is 556 g/mol. The van der Waals surface area contributed by atoms with Crippen LogP contribution in [0.5, 0.6) is 0 Å². The van der Waals surface area contributed by atoms with Crippen LogP contribution >= 0.6 is 0 Å². The van der Waals surface area contributed by atoms with Crippen molar-refractivity contribution in [2.45, 2.75) is 118 Å². The van der Waals surface area contributed by atoms with Crippen LogP contribution < -0.4 is 0 Å². The zero-order valence-electron chi connectivity index (χ0n) is 29.0. The first-order chi connectivity index (χ1) is 22.7. The highest BCUT2D eigenvalue weighted by molar-refractivity contribution is 5.82. The van der Waals surface area contributed by atoms with Crippen molar-refractivity contribution < 1.29 is 0 Å². The average Bonchev–Trinajstić information content (AvgIpc) is 3.10. The molecule has 4 aromatic rings. The summed E-state index contributed by atoms with van der Waals surface area (Å²) in [6.45, 7) is 9.09. The molecule has 0 amide bonds. The fraction of sp³-hybridized carbons (Fsp3) is 0.409. The van der Waals surface area contributed by atoms with Gasteiger partial charge in [-0.15, -0.1) is 0 Å². The van der Waals surface area contributed by atoms with Crippen molar-refractivity contribution in [2.75, 3.05) is 0 Å². The van der Waals surface area contributed by atoms with Gasteiger partial charge in [0.15, 0.2) is 0 Å². The Morgan fingerprint density at radius 2 is 1.07 bits per heavy atom. The van der Waals surface area contributed by atoms with Crippen LogP contribution in [0, 0.1) is 0 Å². The fourth-order valence-corrected chi connectivity index (χ4v) is 6.68. The lowest BCUT2D eigenvalue weighted by Crippen LogP contribution is -1.99. The SMILES string of the molecule is CCCCCCCCc1c(-c2ccccc2)cc(C=CN=Nc2cc(CC)c(CC)c(CCCCCC)c2)cc1-c1ccccc1. The molecule has 0 N–H and O–H groups in total. The predicted molar refractivity (Wildman–Crippen MR) is 201 cm³/mol.